The van der Waals surface area contributed by atoms with Crippen molar-refractivity contribution in [1.82, 2.24) is 9.80 Å². The van der Waals surface area contributed by atoms with Crippen LogP contribution in [0.5, 0.6) is 0 Å². The summed E-state index contributed by atoms with van der Waals surface area (Å²) in [5.41, 5.74) is 1.19. The number of hydrogen-bond donors (Lipinski definition) is 1. The molecule has 0 amide bonds. The van der Waals surface area contributed by atoms with E-state index in [2.05, 4.69) is 21.9 Å². The number of aliphatic hydroxyl groups is 1. The molecule has 0 spiro atoms. The Labute approximate surface area is 114 Å². The monoisotopic (exact) mass is 268 g/mol. The van der Waals surface area contributed by atoms with Crippen LogP contribution in [-0.2, 0) is 0 Å². The zero-order valence-electron chi connectivity index (χ0n) is 10.6. The highest BCUT2D eigenvalue weighted by Gasteiger charge is 2.19. The zero-order chi connectivity index (χ0) is 12.8. The molecule has 1 aromatic rings. The molecule has 0 bridgehead atoms. The Morgan fingerprint density at radius 1 is 1.06 bits per heavy atom. The number of aliphatic hydroxyl groups excluding tert-OH is 1. The second-order valence-electron chi connectivity index (χ2n) is 4.74. The summed E-state index contributed by atoms with van der Waals surface area (Å²) in [6, 6.07) is 10.2. The minimum Gasteiger partial charge on any atom is -0.395 e. The molecule has 0 radical (unpaired) electrons. The van der Waals surface area contributed by atoms with Crippen LogP contribution in [-0.4, -0.2) is 60.8 Å². The predicted octanol–water partition coefficient (Wildman–Crippen LogP) is 1.58. The van der Waals surface area contributed by atoms with E-state index in [9.17, 15) is 0 Å². The van der Waals surface area contributed by atoms with Gasteiger partial charge >= 0.3 is 0 Å². The Morgan fingerprint density at radius 3 is 2.28 bits per heavy atom. The van der Waals surface area contributed by atoms with Crippen molar-refractivity contribution in [2.75, 3.05) is 45.9 Å². The molecular weight excluding hydrogens is 248 g/mol. The maximum absolute atomic E-state index is 8.90. The van der Waals surface area contributed by atoms with Gasteiger partial charge in [0.05, 0.1) is 12.0 Å². The molecule has 0 aromatic heterocycles. The van der Waals surface area contributed by atoms with E-state index >= 15 is 0 Å². The predicted molar refractivity (Wildman–Crippen MR) is 75.0 cm³/mol. The maximum Gasteiger partial charge on any atom is 0.0712 e. The van der Waals surface area contributed by atoms with E-state index in [0.717, 1.165) is 39.3 Å². The Balaban J connectivity index is 1.78. The Kier molecular flexibility index (Phi) is 5.45. The molecule has 1 unspecified atom stereocenters. The summed E-state index contributed by atoms with van der Waals surface area (Å²) in [6.45, 7) is 6.07. The van der Waals surface area contributed by atoms with Crippen molar-refractivity contribution >= 4 is 11.6 Å². The van der Waals surface area contributed by atoms with Crippen molar-refractivity contribution in [2.45, 2.75) is 5.38 Å². The number of rotatable bonds is 5. The first-order valence-electron chi connectivity index (χ1n) is 6.54. The normalized spacial score (nSPS) is 19.9. The average Bonchev–Trinajstić information content (AvgIpc) is 2.42. The fraction of sp³-hybridized carbons (Fsp3) is 0.571. The number of benzene rings is 1. The van der Waals surface area contributed by atoms with Gasteiger partial charge in [-0.25, -0.2) is 0 Å². The van der Waals surface area contributed by atoms with Gasteiger partial charge in [0.2, 0.25) is 0 Å². The molecule has 1 atom stereocenters. The third-order valence-electron chi connectivity index (χ3n) is 3.46. The molecular formula is C14H21ClN2O. The molecule has 3 nitrogen and oxygen atoms in total. The molecule has 0 saturated carbocycles. The SMILES string of the molecule is OCCN1CCN(CC(Cl)c2ccccc2)CC1. The van der Waals surface area contributed by atoms with Gasteiger partial charge in [-0.3, -0.25) is 9.80 Å². The van der Waals surface area contributed by atoms with Crippen LogP contribution in [0.3, 0.4) is 0 Å². The maximum atomic E-state index is 8.90. The van der Waals surface area contributed by atoms with E-state index < -0.39 is 0 Å². The van der Waals surface area contributed by atoms with Gasteiger partial charge in [-0.15, -0.1) is 11.6 Å². The van der Waals surface area contributed by atoms with Crippen LogP contribution in [0.2, 0.25) is 0 Å². The lowest BCUT2D eigenvalue weighted by atomic mass is 10.1. The van der Waals surface area contributed by atoms with Gasteiger partial charge in [0.1, 0.15) is 0 Å². The van der Waals surface area contributed by atoms with Crippen LogP contribution in [0, 0.1) is 0 Å². The van der Waals surface area contributed by atoms with Crippen LogP contribution >= 0.6 is 11.6 Å². The summed E-state index contributed by atoms with van der Waals surface area (Å²) in [5.74, 6) is 0. The van der Waals surface area contributed by atoms with Crippen molar-refractivity contribution in [3.63, 3.8) is 0 Å². The Hall–Kier alpha value is -0.610. The number of nitrogens with zero attached hydrogens (tertiary/aromatic N) is 2. The third kappa shape index (κ3) is 3.95. The fourth-order valence-corrected chi connectivity index (χ4v) is 2.67. The second kappa shape index (κ2) is 7.10. The topological polar surface area (TPSA) is 26.7 Å². The Bertz CT molecular complexity index is 339. The van der Waals surface area contributed by atoms with E-state index in [1.54, 1.807) is 0 Å². The second-order valence-corrected chi connectivity index (χ2v) is 5.27. The molecule has 1 aliphatic heterocycles. The van der Waals surface area contributed by atoms with Gasteiger partial charge in [-0.1, -0.05) is 30.3 Å². The minimum atomic E-state index is 0.0654. The molecule has 1 fully saturated rings. The van der Waals surface area contributed by atoms with Crippen molar-refractivity contribution in [2.24, 2.45) is 0 Å². The van der Waals surface area contributed by atoms with Gasteiger partial charge in [-0.2, -0.15) is 0 Å². The molecule has 100 valence electrons. The molecule has 2 rings (SSSR count). The van der Waals surface area contributed by atoms with E-state index in [-0.39, 0.29) is 12.0 Å². The highest BCUT2D eigenvalue weighted by atomic mass is 35.5. The summed E-state index contributed by atoms with van der Waals surface area (Å²) in [4.78, 5) is 4.70. The van der Waals surface area contributed by atoms with Gasteiger partial charge in [0.15, 0.2) is 0 Å². The van der Waals surface area contributed by atoms with Crippen molar-refractivity contribution in [1.29, 1.82) is 0 Å². The van der Waals surface area contributed by atoms with Gasteiger partial charge in [0.25, 0.3) is 0 Å². The summed E-state index contributed by atoms with van der Waals surface area (Å²) in [7, 11) is 0. The summed E-state index contributed by atoms with van der Waals surface area (Å²) < 4.78 is 0. The molecule has 1 saturated heterocycles. The smallest absolute Gasteiger partial charge is 0.0712 e. The average molecular weight is 269 g/mol. The summed E-state index contributed by atoms with van der Waals surface area (Å²) >= 11 is 6.44. The molecule has 1 N–H and O–H groups in total. The van der Waals surface area contributed by atoms with Crippen LogP contribution in [0.25, 0.3) is 0 Å². The van der Waals surface area contributed by atoms with Crippen molar-refractivity contribution < 1.29 is 5.11 Å². The number of hydrogen-bond acceptors (Lipinski definition) is 3. The van der Waals surface area contributed by atoms with Crippen LogP contribution < -0.4 is 0 Å². The number of halogens is 1. The van der Waals surface area contributed by atoms with Crippen LogP contribution in [0.15, 0.2) is 30.3 Å². The van der Waals surface area contributed by atoms with Gasteiger partial charge < -0.3 is 5.11 Å². The van der Waals surface area contributed by atoms with Crippen LogP contribution in [0.4, 0.5) is 0 Å². The Morgan fingerprint density at radius 2 is 1.67 bits per heavy atom. The summed E-state index contributed by atoms with van der Waals surface area (Å²) in [6.07, 6.45) is 0. The third-order valence-corrected chi connectivity index (χ3v) is 3.85. The molecule has 0 aliphatic carbocycles. The first-order chi connectivity index (χ1) is 8.79. The van der Waals surface area contributed by atoms with Crippen LogP contribution in [0.1, 0.15) is 10.9 Å². The van der Waals surface area contributed by atoms with Gasteiger partial charge in [-0.05, 0) is 5.56 Å². The summed E-state index contributed by atoms with van der Waals surface area (Å²) in [5, 5.41) is 8.97. The van der Waals surface area contributed by atoms with E-state index in [1.165, 1.54) is 5.56 Å². The quantitative estimate of drug-likeness (QED) is 0.822. The molecule has 1 aromatic carbocycles. The van der Waals surface area contributed by atoms with E-state index in [4.69, 9.17) is 16.7 Å². The largest absolute Gasteiger partial charge is 0.395 e. The van der Waals surface area contributed by atoms with E-state index in [1.807, 2.05) is 18.2 Å². The lowest BCUT2D eigenvalue weighted by Crippen LogP contribution is -2.47. The first-order valence-corrected chi connectivity index (χ1v) is 6.98. The number of alkyl halides is 1. The number of piperazine rings is 1. The molecule has 1 aliphatic rings. The fourth-order valence-electron chi connectivity index (χ4n) is 2.33. The highest BCUT2D eigenvalue weighted by Crippen LogP contribution is 2.21. The zero-order valence-corrected chi connectivity index (χ0v) is 11.4. The molecule has 18 heavy (non-hydrogen) atoms. The van der Waals surface area contributed by atoms with Gasteiger partial charge in [0, 0.05) is 39.3 Å². The first kappa shape index (κ1) is 13.8. The molecule has 4 heteroatoms. The van der Waals surface area contributed by atoms with Crippen molar-refractivity contribution in [3.8, 4) is 0 Å². The number of β-amino-alcohol motifs (C(OH)–C–C–N with tert-alkyl or cyclic N) is 1. The lowest BCUT2D eigenvalue weighted by Gasteiger charge is -2.35. The highest BCUT2D eigenvalue weighted by molar-refractivity contribution is 6.21. The van der Waals surface area contributed by atoms with Crippen molar-refractivity contribution in [3.05, 3.63) is 35.9 Å². The molecule has 1 heterocycles. The minimum absolute atomic E-state index is 0.0654. The van der Waals surface area contributed by atoms with E-state index in [0.29, 0.717) is 0 Å². The standard InChI is InChI=1S/C14H21ClN2O/c15-14(13-4-2-1-3-5-13)12-17-8-6-16(7-9-17)10-11-18/h1-5,14,18H,6-12H2. The lowest BCUT2D eigenvalue weighted by molar-refractivity contribution is 0.112.